The number of hydrogen-bond donors (Lipinski definition) is 1. The Hall–Kier alpha value is -1.22. The fourth-order valence-corrected chi connectivity index (χ4v) is 1.98. The third-order valence-electron chi connectivity index (χ3n) is 2.54. The zero-order valence-corrected chi connectivity index (χ0v) is 9.17. The Morgan fingerprint density at radius 3 is 3.20 bits per heavy atom. The van der Waals surface area contributed by atoms with Crippen LogP contribution < -0.4 is 5.32 Å². The van der Waals surface area contributed by atoms with Crippen LogP contribution in [-0.2, 0) is 16.0 Å². The molecule has 0 spiro atoms. The molecule has 1 N–H and O–H groups in total. The highest BCUT2D eigenvalue weighted by Gasteiger charge is 2.23. The summed E-state index contributed by atoms with van der Waals surface area (Å²) >= 11 is 5.87. The van der Waals surface area contributed by atoms with E-state index >= 15 is 0 Å². The Labute approximate surface area is 93.4 Å². The molecule has 1 unspecified atom stereocenters. The highest BCUT2D eigenvalue weighted by molar-refractivity contribution is 6.30. The van der Waals surface area contributed by atoms with Gasteiger partial charge in [-0.3, -0.25) is 4.79 Å². The fourth-order valence-electron chi connectivity index (χ4n) is 1.81. The van der Waals surface area contributed by atoms with Gasteiger partial charge in [0.15, 0.2) is 0 Å². The molecule has 4 heteroatoms. The van der Waals surface area contributed by atoms with E-state index < -0.39 is 0 Å². The number of fused-ring (bicyclic) bond motifs is 1. The van der Waals surface area contributed by atoms with E-state index in [1.165, 1.54) is 12.7 Å². The van der Waals surface area contributed by atoms with Gasteiger partial charge in [-0.25, -0.2) is 0 Å². The van der Waals surface area contributed by atoms with Crippen molar-refractivity contribution in [2.45, 2.75) is 18.9 Å². The Balaban J connectivity index is 2.06. The van der Waals surface area contributed by atoms with E-state index in [-0.39, 0.29) is 12.0 Å². The largest absolute Gasteiger partial charge is 0.469 e. The van der Waals surface area contributed by atoms with Crippen molar-refractivity contribution < 1.29 is 9.53 Å². The third kappa shape index (κ3) is 2.23. The lowest BCUT2D eigenvalue weighted by atomic mass is 10.1. The molecular weight excluding hydrogens is 214 g/mol. The van der Waals surface area contributed by atoms with Crippen LogP contribution in [0, 0.1) is 0 Å². The number of ether oxygens (including phenoxy) is 1. The number of esters is 1. The van der Waals surface area contributed by atoms with Gasteiger partial charge in [-0.2, -0.15) is 0 Å². The van der Waals surface area contributed by atoms with Crippen LogP contribution in [0.15, 0.2) is 18.2 Å². The highest BCUT2D eigenvalue weighted by Crippen LogP contribution is 2.29. The van der Waals surface area contributed by atoms with Crippen molar-refractivity contribution in [3.63, 3.8) is 0 Å². The normalized spacial score (nSPS) is 18.1. The van der Waals surface area contributed by atoms with Gasteiger partial charge in [0.05, 0.1) is 13.5 Å². The van der Waals surface area contributed by atoms with Crippen LogP contribution in [0.3, 0.4) is 0 Å². The number of hydrogen-bond acceptors (Lipinski definition) is 3. The smallest absolute Gasteiger partial charge is 0.307 e. The molecule has 1 aliphatic rings. The molecule has 1 heterocycles. The first-order valence-corrected chi connectivity index (χ1v) is 5.18. The number of carbonyl (C=O) groups is 1. The Kier molecular flexibility index (Phi) is 2.82. The van der Waals surface area contributed by atoms with Gasteiger partial charge in [0.25, 0.3) is 0 Å². The van der Waals surface area contributed by atoms with Gasteiger partial charge >= 0.3 is 5.97 Å². The zero-order chi connectivity index (χ0) is 10.8. The summed E-state index contributed by atoms with van der Waals surface area (Å²) in [6.07, 6.45) is 1.24. The second kappa shape index (κ2) is 4.11. The molecule has 1 aliphatic heterocycles. The van der Waals surface area contributed by atoms with Crippen molar-refractivity contribution in [2.75, 3.05) is 12.4 Å². The lowest BCUT2D eigenvalue weighted by molar-refractivity contribution is -0.140. The van der Waals surface area contributed by atoms with Crippen LogP contribution in [0.4, 0.5) is 5.69 Å². The van der Waals surface area contributed by atoms with E-state index in [0.29, 0.717) is 11.4 Å². The average Bonchev–Trinajstić information content (AvgIpc) is 2.59. The lowest BCUT2D eigenvalue weighted by Crippen LogP contribution is -2.20. The van der Waals surface area contributed by atoms with Crippen LogP contribution in [0.2, 0.25) is 5.02 Å². The molecule has 0 saturated heterocycles. The molecule has 15 heavy (non-hydrogen) atoms. The van der Waals surface area contributed by atoms with E-state index in [4.69, 9.17) is 11.6 Å². The molecule has 0 bridgehead atoms. The standard InChI is InChI=1S/C11H12ClNO2/c1-15-11(14)6-9-4-7-2-3-8(12)5-10(7)13-9/h2-3,5,9,13H,4,6H2,1H3. The first-order chi connectivity index (χ1) is 7.19. The molecule has 0 aliphatic carbocycles. The topological polar surface area (TPSA) is 38.3 Å². The molecule has 0 saturated carbocycles. The van der Waals surface area contributed by atoms with Gasteiger partial charge in [-0.05, 0) is 24.1 Å². The number of halogens is 1. The number of methoxy groups -OCH3 is 1. The predicted molar refractivity (Wildman–Crippen MR) is 59.2 cm³/mol. The van der Waals surface area contributed by atoms with Crippen molar-refractivity contribution in [2.24, 2.45) is 0 Å². The van der Waals surface area contributed by atoms with Crippen molar-refractivity contribution in [1.82, 2.24) is 0 Å². The average molecular weight is 226 g/mol. The monoisotopic (exact) mass is 225 g/mol. The first kappa shape index (κ1) is 10.3. The number of benzene rings is 1. The minimum atomic E-state index is -0.189. The molecule has 0 fully saturated rings. The lowest BCUT2D eigenvalue weighted by Gasteiger charge is -2.08. The summed E-state index contributed by atoms with van der Waals surface area (Å²) in [5, 5.41) is 3.96. The molecule has 3 nitrogen and oxygen atoms in total. The molecule has 2 rings (SSSR count). The maximum Gasteiger partial charge on any atom is 0.307 e. The second-order valence-electron chi connectivity index (χ2n) is 3.63. The summed E-state index contributed by atoms with van der Waals surface area (Å²) in [6, 6.07) is 5.87. The SMILES string of the molecule is COC(=O)CC1Cc2ccc(Cl)cc2N1. The molecule has 1 aromatic rings. The van der Waals surface area contributed by atoms with Crippen LogP contribution in [0.5, 0.6) is 0 Å². The fraction of sp³-hybridized carbons (Fsp3) is 0.364. The maximum atomic E-state index is 11.1. The highest BCUT2D eigenvalue weighted by atomic mass is 35.5. The number of anilines is 1. The van der Waals surface area contributed by atoms with Gasteiger partial charge in [-0.1, -0.05) is 17.7 Å². The molecule has 1 atom stereocenters. The Bertz CT molecular complexity index is 392. The van der Waals surface area contributed by atoms with Crippen molar-refractivity contribution >= 4 is 23.3 Å². The summed E-state index contributed by atoms with van der Waals surface area (Å²) in [6.45, 7) is 0. The minimum Gasteiger partial charge on any atom is -0.469 e. The second-order valence-corrected chi connectivity index (χ2v) is 4.06. The summed E-state index contributed by atoms with van der Waals surface area (Å²) in [4.78, 5) is 11.1. The van der Waals surface area contributed by atoms with Crippen molar-refractivity contribution in [1.29, 1.82) is 0 Å². The predicted octanol–water partition coefficient (Wildman–Crippen LogP) is 2.24. The van der Waals surface area contributed by atoms with E-state index in [1.807, 2.05) is 18.2 Å². The number of rotatable bonds is 2. The molecule has 0 aromatic heterocycles. The van der Waals surface area contributed by atoms with Gasteiger partial charge in [0.2, 0.25) is 0 Å². The number of nitrogens with one attached hydrogen (secondary N) is 1. The van der Waals surface area contributed by atoms with Crippen molar-refractivity contribution in [3.8, 4) is 0 Å². The molecule has 0 radical (unpaired) electrons. The van der Waals surface area contributed by atoms with E-state index in [9.17, 15) is 4.79 Å². The molecule has 0 amide bonds. The van der Waals surface area contributed by atoms with Gasteiger partial charge in [-0.15, -0.1) is 0 Å². The van der Waals surface area contributed by atoms with E-state index in [0.717, 1.165) is 12.1 Å². The quantitative estimate of drug-likeness (QED) is 0.785. The van der Waals surface area contributed by atoms with Crippen LogP contribution in [0.25, 0.3) is 0 Å². The molecule has 1 aromatic carbocycles. The summed E-state index contributed by atoms with van der Waals surface area (Å²) < 4.78 is 4.63. The summed E-state index contributed by atoms with van der Waals surface area (Å²) in [5.41, 5.74) is 2.23. The number of carbonyl (C=O) groups excluding carboxylic acids is 1. The Morgan fingerprint density at radius 1 is 1.67 bits per heavy atom. The van der Waals surface area contributed by atoms with Gasteiger partial charge < -0.3 is 10.1 Å². The molecular formula is C11H12ClNO2. The van der Waals surface area contributed by atoms with Crippen LogP contribution in [-0.4, -0.2) is 19.1 Å². The minimum absolute atomic E-state index is 0.130. The van der Waals surface area contributed by atoms with E-state index in [2.05, 4.69) is 10.1 Å². The molecule has 80 valence electrons. The van der Waals surface area contributed by atoms with Crippen LogP contribution in [0.1, 0.15) is 12.0 Å². The van der Waals surface area contributed by atoms with Crippen molar-refractivity contribution in [3.05, 3.63) is 28.8 Å². The zero-order valence-electron chi connectivity index (χ0n) is 8.42. The summed E-state index contributed by atoms with van der Waals surface area (Å²) in [7, 11) is 1.40. The van der Waals surface area contributed by atoms with Crippen LogP contribution >= 0.6 is 11.6 Å². The summed E-state index contributed by atoms with van der Waals surface area (Å²) in [5.74, 6) is -0.189. The third-order valence-corrected chi connectivity index (χ3v) is 2.77. The van der Waals surface area contributed by atoms with E-state index in [1.54, 1.807) is 0 Å². The Morgan fingerprint density at radius 2 is 2.47 bits per heavy atom. The van der Waals surface area contributed by atoms with Gasteiger partial charge in [0.1, 0.15) is 0 Å². The van der Waals surface area contributed by atoms with Gasteiger partial charge in [0, 0.05) is 16.8 Å². The first-order valence-electron chi connectivity index (χ1n) is 4.81. The maximum absolute atomic E-state index is 11.1.